The van der Waals surface area contributed by atoms with Gasteiger partial charge in [0.25, 0.3) is 0 Å². The molecule has 0 saturated carbocycles. The maximum Gasteiger partial charge on any atom is 0.131 e. The van der Waals surface area contributed by atoms with Crippen molar-refractivity contribution in [3.8, 4) is 0 Å². The number of aromatic nitrogens is 2. The highest BCUT2D eigenvalue weighted by Crippen LogP contribution is 2.25. The fourth-order valence-electron chi connectivity index (χ4n) is 2.04. The summed E-state index contributed by atoms with van der Waals surface area (Å²) in [6, 6.07) is 0.142. The Hall–Kier alpha value is -0.960. The van der Waals surface area contributed by atoms with Crippen molar-refractivity contribution in [1.29, 1.82) is 0 Å². The molecule has 3 heteroatoms. The zero-order valence-corrected chi connectivity index (χ0v) is 9.53. The van der Waals surface area contributed by atoms with Crippen molar-refractivity contribution >= 4 is 0 Å². The van der Waals surface area contributed by atoms with Crippen LogP contribution in [0, 0.1) is 0 Å². The maximum atomic E-state index is 6.09. The van der Waals surface area contributed by atoms with Gasteiger partial charge >= 0.3 is 0 Å². The van der Waals surface area contributed by atoms with Gasteiger partial charge < -0.3 is 5.73 Å². The largest absolute Gasteiger partial charge is 0.324 e. The Morgan fingerprint density at radius 2 is 2.20 bits per heavy atom. The molecule has 1 aliphatic rings. The van der Waals surface area contributed by atoms with Crippen LogP contribution in [-0.2, 0) is 6.42 Å². The molecular formula is C12H19N3. The minimum Gasteiger partial charge on any atom is -0.324 e. The van der Waals surface area contributed by atoms with Gasteiger partial charge in [-0.2, -0.15) is 0 Å². The van der Waals surface area contributed by atoms with Gasteiger partial charge in [-0.15, -0.1) is 0 Å². The molecule has 1 atom stereocenters. The highest BCUT2D eigenvalue weighted by molar-refractivity contribution is 5.23. The molecule has 15 heavy (non-hydrogen) atoms. The molecule has 1 heterocycles. The molecule has 0 bridgehead atoms. The number of hydrogen-bond donors (Lipinski definition) is 1. The predicted octanol–water partition coefficient (Wildman–Crippen LogP) is 2.33. The first-order valence-corrected chi connectivity index (χ1v) is 5.79. The number of fused-ring (bicyclic) bond motifs is 1. The molecule has 0 radical (unpaired) electrons. The van der Waals surface area contributed by atoms with Gasteiger partial charge in [0.15, 0.2) is 0 Å². The van der Waals surface area contributed by atoms with E-state index in [0.717, 1.165) is 24.2 Å². The summed E-state index contributed by atoms with van der Waals surface area (Å²) in [6.45, 7) is 4.25. The van der Waals surface area contributed by atoms with E-state index in [4.69, 9.17) is 5.73 Å². The molecule has 2 rings (SSSR count). The standard InChI is InChI=1S/C12H19N3/c1-8(2)12-14-7-9-10(13)5-3-4-6-11(9)15-12/h7-8,10H,3-6,13H2,1-2H3. The summed E-state index contributed by atoms with van der Waals surface area (Å²) in [5.41, 5.74) is 8.44. The van der Waals surface area contributed by atoms with E-state index in [1.54, 1.807) is 0 Å². The van der Waals surface area contributed by atoms with Crippen LogP contribution in [-0.4, -0.2) is 9.97 Å². The summed E-state index contributed by atoms with van der Waals surface area (Å²) in [6.07, 6.45) is 6.47. The van der Waals surface area contributed by atoms with E-state index in [1.807, 2.05) is 6.20 Å². The van der Waals surface area contributed by atoms with Gasteiger partial charge in [0.2, 0.25) is 0 Å². The van der Waals surface area contributed by atoms with Crippen LogP contribution in [0.15, 0.2) is 6.20 Å². The lowest BCUT2D eigenvalue weighted by molar-refractivity contribution is 0.613. The Labute approximate surface area is 91.1 Å². The van der Waals surface area contributed by atoms with E-state index in [0.29, 0.717) is 5.92 Å². The minimum atomic E-state index is 0.142. The third-order valence-corrected chi connectivity index (χ3v) is 3.01. The average Bonchev–Trinajstić information content (AvgIpc) is 2.40. The van der Waals surface area contributed by atoms with E-state index >= 15 is 0 Å². The minimum absolute atomic E-state index is 0.142. The van der Waals surface area contributed by atoms with Crippen molar-refractivity contribution < 1.29 is 0 Å². The zero-order chi connectivity index (χ0) is 10.8. The van der Waals surface area contributed by atoms with Crippen molar-refractivity contribution in [3.05, 3.63) is 23.3 Å². The molecule has 0 aliphatic heterocycles. The smallest absolute Gasteiger partial charge is 0.131 e. The third-order valence-electron chi connectivity index (χ3n) is 3.01. The Kier molecular flexibility index (Phi) is 3.00. The lowest BCUT2D eigenvalue weighted by Crippen LogP contribution is -2.13. The Bertz CT molecular complexity index is 347. The summed E-state index contributed by atoms with van der Waals surface area (Å²) in [5, 5.41) is 0. The highest BCUT2D eigenvalue weighted by Gasteiger charge is 2.17. The molecule has 3 nitrogen and oxygen atoms in total. The molecule has 1 aliphatic carbocycles. The van der Waals surface area contributed by atoms with Crippen molar-refractivity contribution in [2.24, 2.45) is 5.73 Å². The summed E-state index contributed by atoms with van der Waals surface area (Å²) in [4.78, 5) is 9.02. The molecule has 0 aromatic carbocycles. The number of aryl methyl sites for hydroxylation is 1. The highest BCUT2D eigenvalue weighted by atomic mass is 14.9. The second-order valence-corrected chi connectivity index (χ2v) is 4.64. The Morgan fingerprint density at radius 1 is 1.40 bits per heavy atom. The summed E-state index contributed by atoms with van der Waals surface area (Å²) in [7, 11) is 0. The molecular weight excluding hydrogens is 186 g/mol. The Balaban J connectivity index is 2.38. The molecule has 1 aromatic rings. The molecule has 0 saturated heterocycles. The summed E-state index contributed by atoms with van der Waals surface area (Å²) < 4.78 is 0. The SMILES string of the molecule is CC(C)c1ncc2c(n1)CCCCC2N. The molecule has 0 amide bonds. The molecule has 2 N–H and O–H groups in total. The van der Waals surface area contributed by atoms with E-state index in [-0.39, 0.29) is 6.04 Å². The fraction of sp³-hybridized carbons (Fsp3) is 0.667. The number of nitrogens with zero attached hydrogens (tertiary/aromatic N) is 2. The van der Waals surface area contributed by atoms with E-state index in [9.17, 15) is 0 Å². The first-order chi connectivity index (χ1) is 7.18. The van der Waals surface area contributed by atoms with E-state index in [2.05, 4.69) is 23.8 Å². The molecule has 82 valence electrons. The van der Waals surface area contributed by atoms with Gasteiger partial charge in [0.1, 0.15) is 5.82 Å². The van der Waals surface area contributed by atoms with Crippen molar-refractivity contribution in [3.63, 3.8) is 0 Å². The predicted molar refractivity (Wildman–Crippen MR) is 60.6 cm³/mol. The summed E-state index contributed by atoms with van der Waals surface area (Å²) >= 11 is 0. The van der Waals surface area contributed by atoms with Crippen LogP contribution < -0.4 is 5.73 Å². The molecule has 0 spiro atoms. The maximum absolute atomic E-state index is 6.09. The fourth-order valence-corrected chi connectivity index (χ4v) is 2.04. The van der Waals surface area contributed by atoms with Crippen LogP contribution in [0.5, 0.6) is 0 Å². The second-order valence-electron chi connectivity index (χ2n) is 4.64. The van der Waals surface area contributed by atoms with E-state index in [1.165, 1.54) is 18.5 Å². The van der Waals surface area contributed by atoms with Gasteiger partial charge in [-0.25, -0.2) is 9.97 Å². The topological polar surface area (TPSA) is 51.8 Å². The first-order valence-electron chi connectivity index (χ1n) is 5.79. The number of nitrogens with two attached hydrogens (primary N) is 1. The quantitative estimate of drug-likeness (QED) is 0.716. The second kappa shape index (κ2) is 4.27. The zero-order valence-electron chi connectivity index (χ0n) is 9.53. The third kappa shape index (κ3) is 2.17. The van der Waals surface area contributed by atoms with Gasteiger partial charge in [-0.1, -0.05) is 20.3 Å². The summed E-state index contributed by atoms with van der Waals surface area (Å²) in [5.74, 6) is 1.35. The van der Waals surface area contributed by atoms with Crippen LogP contribution in [0.2, 0.25) is 0 Å². The van der Waals surface area contributed by atoms with Crippen LogP contribution in [0.25, 0.3) is 0 Å². The van der Waals surface area contributed by atoms with Gasteiger partial charge in [0, 0.05) is 29.4 Å². The van der Waals surface area contributed by atoms with Crippen molar-refractivity contribution in [2.45, 2.75) is 51.5 Å². The van der Waals surface area contributed by atoms with E-state index < -0.39 is 0 Å². The number of rotatable bonds is 1. The first kappa shape index (κ1) is 10.6. The van der Waals surface area contributed by atoms with Crippen molar-refractivity contribution in [2.75, 3.05) is 0 Å². The monoisotopic (exact) mass is 205 g/mol. The normalized spacial score (nSPS) is 21.2. The Morgan fingerprint density at radius 3 is 2.93 bits per heavy atom. The molecule has 0 fully saturated rings. The molecule has 1 aromatic heterocycles. The van der Waals surface area contributed by atoms with Gasteiger partial charge in [-0.05, 0) is 19.3 Å². The lowest BCUT2D eigenvalue weighted by atomic mass is 10.1. The van der Waals surface area contributed by atoms with Gasteiger partial charge in [0.05, 0.1) is 0 Å². The van der Waals surface area contributed by atoms with Crippen LogP contribution in [0.3, 0.4) is 0 Å². The molecule has 1 unspecified atom stereocenters. The van der Waals surface area contributed by atoms with Crippen LogP contribution in [0.1, 0.15) is 62.2 Å². The lowest BCUT2D eigenvalue weighted by Gasteiger charge is -2.13. The average molecular weight is 205 g/mol. The van der Waals surface area contributed by atoms with Crippen LogP contribution >= 0.6 is 0 Å². The van der Waals surface area contributed by atoms with Gasteiger partial charge in [-0.3, -0.25) is 0 Å². The van der Waals surface area contributed by atoms with Crippen LogP contribution in [0.4, 0.5) is 0 Å². The van der Waals surface area contributed by atoms with Crippen molar-refractivity contribution in [1.82, 2.24) is 9.97 Å². The number of hydrogen-bond acceptors (Lipinski definition) is 3.